The lowest BCUT2D eigenvalue weighted by Gasteiger charge is -2.22. The molecule has 1 amide bonds. The number of aryl methyl sites for hydroxylation is 2. The van der Waals surface area contributed by atoms with Gasteiger partial charge < -0.3 is 5.32 Å². The van der Waals surface area contributed by atoms with E-state index in [1.165, 1.54) is 27.4 Å². The van der Waals surface area contributed by atoms with Crippen molar-refractivity contribution >= 4 is 39.0 Å². The molecule has 1 N–H and O–H groups in total. The van der Waals surface area contributed by atoms with Crippen LogP contribution in [0.15, 0.2) is 34.5 Å². The fraction of sp³-hybridized carbons (Fsp3) is 0.412. The van der Waals surface area contributed by atoms with E-state index in [9.17, 15) is 13.2 Å². The molecule has 0 aliphatic carbocycles. The number of rotatable bonds is 6. The largest absolute Gasteiger partial charge is 0.349 e. The van der Waals surface area contributed by atoms with E-state index in [0.29, 0.717) is 12.3 Å². The van der Waals surface area contributed by atoms with Gasteiger partial charge in [0.2, 0.25) is 15.9 Å². The third kappa shape index (κ3) is 4.11. The summed E-state index contributed by atoms with van der Waals surface area (Å²) in [5, 5.41) is 5.64. The number of carbonyl (C=O) groups excluding carboxylic acids is 1. The van der Waals surface area contributed by atoms with Gasteiger partial charge in [0.25, 0.3) is 0 Å². The topological polar surface area (TPSA) is 79.4 Å². The lowest BCUT2D eigenvalue weighted by Crippen LogP contribution is -2.46. The Labute approximate surface area is 162 Å². The summed E-state index contributed by atoms with van der Waals surface area (Å²) in [6.07, 6.45) is 0.848. The predicted molar refractivity (Wildman–Crippen MR) is 105 cm³/mol. The summed E-state index contributed by atoms with van der Waals surface area (Å²) in [6, 6.07) is 6.16. The number of thioether (sulfide) groups is 1. The average Bonchev–Trinajstić information content (AvgIpc) is 3.29. The maximum Gasteiger partial charge on any atom is 0.244 e. The molecule has 6 nitrogen and oxygen atoms in total. The van der Waals surface area contributed by atoms with Crippen molar-refractivity contribution in [2.24, 2.45) is 0 Å². The van der Waals surface area contributed by atoms with E-state index < -0.39 is 16.1 Å². The lowest BCUT2D eigenvalue weighted by atomic mass is 10.2. The van der Waals surface area contributed by atoms with Crippen molar-refractivity contribution in [2.45, 2.75) is 37.8 Å². The molecule has 2 heterocycles. The maximum atomic E-state index is 12.9. The van der Waals surface area contributed by atoms with Crippen LogP contribution in [0.5, 0.6) is 0 Å². The number of benzene rings is 1. The van der Waals surface area contributed by atoms with Crippen LogP contribution in [0.25, 0.3) is 0 Å². The fourth-order valence-corrected chi connectivity index (χ4v) is 6.45. The van der Waals surface area contributed by atoms with Crippen LogP contribution >= 0.6 is 23.1 Å². The van der Waals surface area contributed by atoms with Crippen molar-refractivity contribution in [3.8, 4) is 0 Å². The highest BCUT2D eigenvalue weighted by Crippen LogP contribution is 2.28. The van der Waals surface area contributed by atoms with Crippen LogP contribution in [0.2, 0.25) is 0 Å². The molecule has 1 aliphatic heterocycles. The first kappa shape index (κ1) is 19.3. The van der Waals surface area contributed by atoms with Gasteiger partial charge in [0.15, 0.2) is 0 Å². The zero-order chi connectivity index (χ0) is 18.7. The van der Waals surface area contributed by atoms with Crippen LogP contribution in [-0.4, -0.2) is 41.3 Å². The monoisotopic (exact) mass is 411 g/mol. The van der Waals surface area contributed by atoms with E-state index in [-0.39, 0.29) is 16.7 Å². The molecule has 26 heavy (non-hydrogen) atoms. The number of carbonyl (C=O) groups is 1. The minimum atomic E-state index is -3.70. The number of hydrogen-bond donors (Lipinski definition) is 1. The molecular formula is C17H21N3O3S3. The Balaban J connectivity index is 1.72. The number of thiazole rings is 1. The van der Waals surface area contributed by atoms with E-state index in [1.807, 2.05) is 31.4 Å². The van der Waals surface area contributed by atoms with Gasteiger partial charge in [0.05, 0.1) is 28.0 Å². The van der Waals surface area contributed by atoms with Gasteiger partial charge in [-0.1, -0.05) is 19.1 Å². The van der Waals surface area contributed by atoms with Gasteiger partial charge in [-0.15, -0.1) is 23.1 Å². The summed E-state index contributed by atoms with van der Waals surface area (Å²) in [7, 11) is -3.70. The molecule has 0 saturated carbocycles. The summed E-state index contributed by atoms with van der Waals surface area (Å²) in [6.45, 7) is 4.23. The number of nitrogens with one attached hydrogen (secondary N) is 1. The molecular weight excluding hydrogens is 390 g/mol. The molecule has 0 bridgehead atoms. The summed E-state index contributed by atoms with van der Waals surface area (Å²) >= 11 is 2.97. The molecule has 1 aromatic heterocycles. The molecule has 1 atom stereocenters. The van der Waals surface area contributed by atoms with Gasteiger partial charge in [0.1, 0.15) is 6.04 Å². The highest BCUT2D eigenvalue weighted by Gasteiger charge is 2.39. The van der Waals surface area contributed by atoms with Gasteiger partial charge >= 0.3 is 0 Å². The molecule has 1 unspecified atom stereocenters. The van der Waals surface area contributed by atoms with Gasteiger partial charge in [-0.2, -0.15) is 4.31 Å². The average molecular weight is 412 g/mol. The molecule has 3 rings (SSSR count). The third-order valence-electron chi connectivity index (χ3n) is 4.19. The normalized spacial score (nSPS) is 18.2. The van der Waals surface area contributed by atoms with Gasteiger partial charge in [-0.25, -0.2) is 13.4 Å². The van der Waals surface area contributed by atoms with Crippen molar-refractivity contribution in [1.82, 2.24) is 14.6 Å². The summed E-state index contributed by atoms with van der Waals surface area (Å²) in [5.41, 5.74) is 1.86. The van der Waals surface area contributed by atoms with Crippen LogP contribution < -0.4 is 5.32 Å². The molecule has 1 aliphatic rings. The number of hydrogen-bond acceptors (Lipinski definition) is 6. The Bertz CT molecular complexity index is 878. The van der Waals surface area contributed by atoms with Crippen molar-refractivity contribution in [1.29, 1.82) is 0 Å². The standard InChI is InChI=1S/C17H21N3O3S3/c1-3-13-4-6-15(7-5-13)26(22,23)20-11-24-10-16(20)17(21)18-8-14-9-25-12(2)19-14/h4-7,9,16H,3,8,10-11H2,1-2H3,(H,18,21). The molecule has 2 aromatic rings. The fourth-order valence-electron chi connectivity index (χ4n) is 2.69. The smallest absolute Gasteiger partial charge is 0.244 e. The first-order chi connectivity index (χ1) is 12.4. The second kappa shape index (κ2) is 8.08. The third-order valence-corrected chi connectivity index (χ3v) is 8.06. The van der Waals surface area contributed by atoms with E-state index >= 15 is 0 Å². The number of aromatic nitrogens is 1. The van der Waals surface area contributed by atoms with E-state index in [2.05, 4.69) is 10.3 Å². The second-order valence-electron chi connectivity index (χ2n) is 5.98. The molecule has 0 spiro atoms. The minimum absolute atomic E-state index is 0.227. The van der Waals surface area contributed by atoms with Gasteiger partial charge in [-0.3, -0.25) is 4.79 Å². The van der Waals surface area contributed by atoms with Crippen LogP contribution in [0.4, 0.5) is 0 Å². The highest BCUT2D eigenvalue weighted by molar-refractivity contribution is 8.00. The number of sulfonamides is 1. The maximum absolute atomic E-state index is 12.9. The molecule has 1 aromatic carbocycles. The summed E-state index contributed by atoms with van der Waals surface area (Å²) in [5.74, 6) is 0.453. The van der Waals surface area contributed by atoms with Crippen molar-refractivity contribution in [3.63, 3.8) is 0 Å². The molecule has 9 heteroatoms. The van der Waals surface area contributed by atoms with Crippen molar-refractivity contribution in [2.75, 3.05) is 11.6 Å². The number of nitrogens with zero attached hydrogens (tertiary/aromatic N) is 2. The minimum Gasteiger partial charge on any atom is -0.349 e. The van der Waals surface area contributed by atoms with Crippen LogP contribution in [0.3, 0.4) is 0 Å². The second-order valence-corrected chi connectivity index (χ2v) is 9.93. The Kier molecular flexibility index (Phi) is 6.01. The van der Waals surface area contributed by atoms with Crippen molar-refractivity contribution in [3.05, 3.63) is 45.9 Å². The molecule has 1 saturated heterocycles. The highest BCUT2D eigenvalue weighted by atomic mass is 32.2. The molecule has 0 radical (unpaired) electrons. The van der Waals surface area contributed by atoms with Crippen LogP contribution in [-0.2, 0) is 27.8 Å². The Morgan fingerprint density at radius 3 is 2.69 bits per heavy atom. The lowest BCUT2D eigenvalue weighted by molar-refractivity contribution is -0.124. The first-order valence-electron chi connectivity index (χ1n) is 8.29. The van der Waals surface area contributed by atoms with Gasteiger partial charge in [-0.05, 0) is 31.0 Å². The SMILES string of the molecule is CCc1ccc(S(=O)(=O)N2CSCC2C(=O)NCc2csc(C)n2)cc1. The van der Waals surface area contributed by atoms with Crippen LogP contribution in [0.1, 0.15) is 23.2 Å². The van der Waals surface area contributed by atoms with E-state index in [1.54, 1.807) is 12.1 Å². The number of amides is 1. The molecule has 1 fully saturated rings. The predicted octanol–water partition coefficient (Wildman–Crippen LogP) is 2.39. The molecule has 140 valence electrons. The Hall–Kier alpha value is -1.42. The quantitative estimate of drug-likeness (QED) is 0.790. The Morgan fingerprint density at radius 2 is 2.08 bits per heavy atom. The zero-order valence-electron chi connectivity index (χ0n) is 14.6. The van der Waals surface area contributed by atoms with E-state index in [0.717, 1.165) is 22.7 Å². The summed E-state index contributed by atoms with van der Waals surface area (Å²) < 4.78 is 27.2. The Morgan fingerprint density at radius 1 is 1.35 bits per heavy atom. The van der Waals surface area contributed by atoms with Crippen molar-refractivity contribution < 1.29 is 13.2 Å². The summed E-state index contributed by atoms with van der Waals surface area (Å²) in [4.78, 5) is 17.1. The van der Waals surface area contributed by atoms with Gasteiger partial charge in [0, 0.05) is 11.1 Å². The van der Waals surface area contributed by atoms with Crippen LogP contribution in [0, 0.1) is 6.92 Å². The zero-order valence-corrected chi connectivity index (χ0v) is 17.1. The first-order valence-corrected chi connectivity index (χ1v) is 11.8. The van der Waals surface area contributed by atoms with E-state index in [4.69, 9.17) is 0 Å².